The van der Waals surface area contributed by atoms with E-state index in [1.54, 1.807) is 48.8 Å². The molecule has 0 bridgehead atoms. The van der Waals surface area contributed by atoms with Crippen LogP contribution in [-0.2, 0) is 19.7 Å². The Balaban J connectivity index is 0.000000190. The van der Waals surface area contributed by atoms with Gasteiger partial charge in [-0.25, -0.2) is 31.8 Å². The largest absolute Gasteiger partial charge is 0.399 e. The lowest BCUT2D eigenvalue weighted by Gasteiger charge is -2.08. The number of halogens is 1. The molecule has 0 fully saturated rings. The lowest BCUT2D eigenvalue weighted by Crippen LogP contribution is -2.02. The van der Waals surface area contributed by atoms with E-state index in [4.69, 9.17) is 26.4 Å². The number of nitrogen functional groups attached to an aromatic ring is 1. The highest BCUT2D eigenvalue weighted by atomic mass is 35.5. The van der Waals surface area contributed by atoms with Crippen molar-refractivity contribution < 1.29 is 25.9 Å². The van der Waals surface area contributed by atoms with Gasteiger partial charge in [-0.1, -0.05) is 22.4 Å². The van der Waals surface area contributed by atoms with Crippen LogP contribution in [-0.4, -0.2) is 59.6 Å². The van der Waals surface area contributed by atoms with Crippen LogP contribution < -0.4 is 21.7 Å². The van der Waals surface area contributed by atoms with Gasteiger partial charge in [-0.05, 0) is 87.8 Å². The number of benzene rings is 2. The van der Waals surface area contributed by atoms with E-state index in [0.29, 0.717) is 40.7 Å². The van der Waals surface area contributed by atoms with Crippen LogP contribution in [0.2, 0.25) is 5.28 Å². The molecule has 0 unspecified atom stereocenters. The quantitative estimate of drug-likeness (QED) is 0.101. The molecule has 0 atom stereocenters. The molecule has 6 aromatic rings. The molecule has 51 heavy (non-hydrogen) atoms. The minimum absolute atomic E-state index is 0.189. The van der Waals surface area contributed by atoms with Gasteiger partial charge in [0.15, 0.2) is 19.7 Å². The molecule has 6 rings (SSSR count). The molecule has 2 aromatic carbocycles. The van der Waals surface area contributed by atoms with Crippen LogP contribution in [0, 0.1) is 27.7 Å². The molecule has 5 N–H and O–H groups in total. The predicted molar refractivity (Wildman–Crippen MR) is 194 cm³/mol. The molecule has 0 radical (unpaired) electrons. The third-order valence-electron chi connectivity index (χ3n) is 6.88. The molecule has 0 amide bonds. The third kappa shape index (κ3) is 11.2. The maximum Gasteiger partial charge on any atom is 0.233 e. The third-order valence-corrected chi connectivity index (χ3v) is 9.29. The van der Waals surface area contributed by atoms with Crippen molar-refractivity contribution in [2.45, 2.75) is 37.5 Å². The van der Waals surface area contributed by atoms with E-state index in [9.17, 15) is 16.8 Å². The first-order valence-electron chi connectivity index (χ1n) is 14.8. The summed E-state index contributed by atoms with van der Waals surface area (Å²) in [6, 6.07) is 16.1. The van der Waals surface area contributed by atoms with Gasteiger partial charge in [0.05, 0.1) is 21.2 Å². The number of nitrogens with zero attached hydrogens (tertiary/aromatic N) is 6. The van der Waals surface area contributed by atoms with Gasteiger partial charge >= 0.3 is 0 Å². The van der Waals surface area contributed by atoms with Crippen molar-refractivity contribution >= 4 is 72.0 Å². The zero-order valence-electron chi connectivity index (χ0n) is 28.3. The number of nitrogens with two attached hydrogens (primary N) is 1. The van der Waals surface area contributed by atoms with Crippen molar-refractivity contribution in [2.24, 2.45) is 0 Å². The summed E-state index contributed by atoms with van der Waals surface area (Å²) in [6.45, 7) is 7.53. The smallest absolute Gasteiger partial charge is 0.233 e. The average Bonchev–Trinajstić information content (AvgIpc) is 3.55. The summed E-state index contributed by atoms with van der Waals surface area (Å²) in [6.07, 6.45) is 5.46. The summed E-state index contributed by atoms with van der Waals surface area (Å²) in [5.74, 6) is 2.51. The molecule has 0 aliphatic carbocycles. The highest BCUT2D eigenvalue weighted by Gasteiger charge is 2.12. The Kier molecular flexibility index (Phi) is 12.3. The van der Waals surface area contributed by atoms with Crippen LogP contribution in [0.3, 0.4) is 0 Å². The molecule has 4 aromatic heterocycles. The molecule has 0 saturated heterocycles. The number of aryl methyl sites for hydroxylation is 2. The van der Waals surface area contributed by atoms with Gasteiger partial charge in [0.25, 0.3) is 0 Å². The Morgan fingerprint density at radius 2 is 1.18 bits per heavy atom. The van der Waals surface area contributed by atoms with Gasteiger partial charge in [-0.15, -0.1) is 0 Å². The number of aromatic nitrogens is 6. The molecule has 0 aliphatic heterocycles. The summed E-state index contributed by atoms with van der Waals surface area (Å²) in [7, 11) is -6.39. The van der Waals surface area contributed by atoms with Crippen molar-refractivity contribution in [3.05, 3.63) is 101 Å². The fourth-order valence-corrected chi connectivity index (χ4v) is 5.36. The second kappa shape index (κ2) is 16.4. The zero-order valence-corrected chi connectivity index (χ0v) is 30.7. The molecule has 16 nitrogen and oxygen atoms in total. The van der Waals surface area contributed by atoms with E-state index >= 15 is 0 Å². The van der Waals surface area contributed by atoms with Crippen LogP contribution in [0.25, 0.3) is 0 Å². The van der Waals surface area contributed by atoms with Gasteiger partial charge in [0, 0.05) is 47.4 Å². The molecule has 0 spiro atoms. The predicted octanol–water partition coefficient (Wildman–Crippen LogP) is 6.12. The van der Waals surface area contributed by atoms with Crippen molar-refractivity contribution in [1.82, 2.24) is 30.2 Å². The second-order valence-corrected chi connectivity index (χ2v) is 15.3. The van der Waals surface area contributed by atoms with Crippen molar-refractivity contribution in [3.8, 4) is 0 Å². The standard InChI is InChI=1S/C16H17N5O3S.C9H9ClN4O.C7H9NO2S/c1-10-11(2)21-24-15(10)19-14-7-8-17-16(20-14)18-12-5-4-6-13(9-12)25(3,22)23;1-5-6(2)14-15-8(5)12-7-3-4-11-9(10)13-7;1-11(9,10)7-4-2-3-6(8)5-7/h4-9H,1-3H3,(H2,17,18,19,20);3-4H,1-2H3,(H,11,12,13);2-5H,8H2,1H3. The SMILES string of the molecule is CS(=O)(=O)c1cccc(N)c1.Cc1noc(Nc2ccnc(Cl)n2)c1C.Cc1noc(Nc2ccnc(Nc3cccc(S(C)(=O)=O)c3)n2)c1C. The number of sulfone groups is 2. The summed E-state index contributed by atoms with van der Waals surface area (Å²) in [5.41, 5.74) is 9.92. The van der Waals surface area contributed by atoms with Gasteiger partial charge < -0.3 is 30.7 Å². The minimum atomic E-state index is -3.28. The van der Waals surface area contributed by atoms with E-state index < -0.39 is 19.7 Å². The Morgan fingerprint density at radius 1 is 0.667 bits per heavy atom. The first kappa shape index (κ1) is 38.2. The fraction of sp³-hybridized carbons (Fsp3) is 0.188. The summed E-state index contributed by atoms with van der Waals surface area (Å²) >= 11 is 5.65. The van der Waals surface area contributed by atoms with E-state index in [-0.39, 0.29) is 15.1 Å². The van der Waals surface area contributed by atoms with Crippen molar-refractivity contribution in [3.63, 3.8) is 0 Å². The number of hydrogen-bond donors (Lipinski definition) is 4. The summed E-state index contributed by atoms with van der Waals surface area (Å²) < 4.78 is 55.4. The molecule has 4 heterocycles. The Hall–Kier alpha value is -5.59. The Morgan fingerprint density at radius 3 is 1.65 bits per heavy atom. The average molecular weight is 755 g/mol. The highest BCUT2D eigenvalue weighted by Crippen LogP contribution is 2.24. The summed E-state index contributed by atoms with van der Waals surface area (Å²) in [4.78, 5) is 16.7. The molecule has 268 valence electrons. The zero-order chi connectivity index (χ0) is 37.3. The van der Waals surface area contributed by atoms with Crippen molar-refractivity contribution in [2.75, 3.05) is 34.2 Å². The lowest BCUT2D eigenvalue weighted by atomic mass is 10.3. The monoisotopic (exact) mass is 754 g/mol. The number of anilines is 7. The number of rotatable bonds is 8. The van der Waals surface area contributed by atoms with Crippen LogP contribution >= 0.6 is 11.6 Å². The van der Waals surface area contributed by atoms with E-state index in [0.717, 1.165) is 35.0 Å². The first-order valence-corrected chi connectivity index (χ1v) is 19.0. The van der Waals surface area contributed by atoms with E-state index in [2.05, 4.69) is 46.2 Å². The Bertz CT molecular complexity index is 2350. The maximum absolute atomic E-state index is 11.6. The summed E-state index contributed by atoms with van der Waals surface area (Å²) in [5, 5.41) is 16.9. The second-order valence-electron chi connectivity index (χ2n) is 10.9. The first-order chi connectivity index (χ1) is 24.0. The van der Waals surface area contributed by atoms with Crippen LogP contribution in [0.15, 0.2) is 91.9 Å². The van der Waals surface area contributed by atoms with Gasteiger partial charge in [-0.3, -0.25) is 0 Å². The molecule has 0 saturated carbocycles. The Labute approximate surface area is 299 Å². The lowest BCUT2D eigenvalue weighted by molar-refractivity contribution is 0.429. The van der Waals surface area contributed by atoms with E-state index in [1.807, 2.05) is 27.7 Å². The fourth-order valence-electron chi connectivity index (χ4n) is 3.87. The molecular weight excluding hydrogens is 720 g/mol. The van der Waals surface area contributed by atoms with Gasteiger partial charge in [0.1, 0.15) is 11.6 Å². The van der Waals surface area contributed by atoms with Crippen LogP contribution in [0.4, 0.5) is 40.7 Å². The van der Waals surface area contributed by atoms with Crippen LogP contribution in [0.1, 0.15) is 22.5 Å². The van der Waals surface area contributed by atoms with Gasteiger partial charge in [-0.2, -0.15) is 4.98 Å². The number of nitrogens with one attached hydrogen (secondary N) is 3. The molecule has 19 heteroatoms. The topological polar surface area (TPSA) is 234 Å². The maximum atomic E-state index is 11.6. The van der Waals surface area contributed by atoms with Crippen molar-refractivity contribution in [1.29, 1.82) is 0 Å². The molecule has 0 aliphatic rings. The molecular formula is C32H35ClN10O6S2. The van der Waals surface area contributed by atoms with Crippen LogP contribution in [0.5, 0.6) is 0 Å². The van der Waals surface area contributed by atoms with E-state index in [1.165, 1.54) is 24.3 Å². The highest BCUT2D eigenvalue weighted by molar-refractivity contribution is 7.91. The van der Waals surface area contributed by atoms with Gasteiger partial charge in [0.2, 0.25) is 23.0 Å². The number of hydrogen-bond acceptors (Lipinski definition) is 16. The normalized spacial score (nSPS) is 11.0. The minimum Gasteiger partial charge on any atom is -0.399 e.